The number of amides is 1. The minimum atomic E-state index is -0.0905. The van der Waals surface area contributed by atoms with Gasteiger partial charge >= 0.3 is 0 Å². The highest BCUT2D eigenvalue weighted by Gasteiger charge is 2.18. The monoisotopic (exact) mass is 303 g/mol. The number of ether oxygens (including phenoxy) is 2. The van der Waals surface area contributed by atoms with Crippen LogP contribution < -0.4 is 14.8 Å². The molecule has 0 saturated heterocycles. The number of carbonyl (C=O) groups excluding carboxylic acids is 1. The number of benzene rings is 1. The van der Waals surface area contributed by atoms with Gasteiger partial charge in [0.05, 0.1) is 6.04 Å². The molecule has 0 spiro atoms. The summed E-state index contributed by atoms with van der Waals surface area (Å²) in [6.07, 6.45) is 0.858. The van der Waals surface area contributed by atoms with Crippen molar-refractivity contribution in [2.24, 2.45) is 0 Å². The van der Waals surface area contributed by atoms with E-state index in [0.717, 1.165) is 6.42 Å². The largest absolute Gasteiger partial charge is 0.486 e. The average molecular weight is 303 g/mol. The molecule has 1 aromatic carbocycles. The molecule has 0 fully saturated rings. The summed E-state index contributed by atoms with van der Waals surface area (Å²) in [5.74, 6) is 1.24. The van der Waals surface area contributed by atoms with Crippen LogP contribution in [0.2, 0.25) is 0 Å². The highest BCUT2D eigenvalue weighted by Crippen LogP contribution is 2.31. The maximum Gasteiger partial charge on any atom is 0.251 e. The van der Waals surface area contributed by atoms with Crippen LogP contribution in [-0.4, -0.2) is 19.1 Å². The van der Waals surface area contributed by atoms with Gasteiger partial charge in [-0.3, -0.25) is 4.79 Å². The Balaban J connectivity index is 1.75. The van der Waals surface area contributed by atoms with Gasteiger partial charge in [-0.25, -0.2) is 0 Å². The first kappa shape index (κ1) is 13.9. The fourth-order valence-corrected chi connectivity index (χ4v) is 3.15. The van der Waals surface area contributed by atoms with Crippen molar-refractivity contribution in [3.05, 3.63) is 46.2 Å². The Morgan fingerprint density at radius 1 is 1.29 bits per heavy atom. The topological polar surface area (TPSA) is 47.6 Å². The van der Waals surface area contributed by atoms with Crippen LogP contribution in [0.1, 0.15) is 34.6 Å². The lowest BCUT2D eigenvalue weighted by molar-refractivity contribution is 0.0935. The van der Waals surface area contributed by atoms with Crippen LogP contribution >= 0.6 is 11.3 Å². The summed E-state index contributed by atoms with van der Waals surface area (Å²) >= 11 is 1.66. The van der Waals surface area contributed by atoms with Crippen LogP contribution in [0.15, 0.2) is 35.7 Å². The van der Waals surface area contributed by atoms with E-state index in [2.05, 4.69) is 12.2 Å². The van der Waals surface area contributed by atoms with Crippen LogP contribution in [0.25, 0.3) is 0 Å². The molecular weight excluding hydrogens is 286 g/mol. The standard InChI is InChI=1S/C16H17NO3S/c1-2-12(15-4-3-9-21-15)17-16(18)11-5-6-13-14(10-11)20-8-7-19-13/h3-6,9-10,12H,2,7-8H2,1H3,(H,17,18)/t12-/m0/s1. The highest BCUT2D eigenvalue weighted by atomic mass is 32.1. The molecular formula is C16H17NO3S. The van der Waals surface area contributed by atoms with Crippen molar-refractivity contribution in [1.29, 1.82) is 0 Å². The van der Waals surface area contributed by atoms with E-state index in [4.69, 9.17) is 9.47 Å². The third kappa shape index (κ3) is 3.03. The Morgan fingerprint density at radius 2 is 2.10 bits per heavy atom. The Bertz CT molecular complexity index is 624. The Morgan fingerprint density at radius 3 is 2.81 bits per heavy atom. The third-order valence-corrected chi connectivity index (χ3v) is 4.39. The number of hydrogen-bond donors (Lipinski definition) is 1. The van der Waals surface area contributed by atoms with E-state index in [1.54, 1.807) is 29.5 Å². The van der Waals surface area contributed by atoms with E-state index in [1.165, 1.54) is 4.88 Å². The summed E-state index contributed by atoms with van der Waals surface area (Å²) in [7, 11) is 0. The molecule has 1 aromatic heterocycles. The predicted molar refractivity (Wildman–Crippen MR) is 82.2 cm³/mol. The zero-order valence-corrected chi connectivity index (χ0v) is 12.6. The quantitative estimate of drug-likeness (QED) is 0.941. The fourth-order valence-electron chi connectivity index (χ4n) is 2.29. The lowest BCUT2D eigenvalue weighted by atomic mass is 10.1. The summed E-state index contributed by atoms with van der Waals surface area (Å²) in [5, 5.41) is 5.09. The van der Waals surface area contributed by atoms with Gasteiger partial charge in [-0.1, -0.05) is 13.0 Å². The Kier molecular flexibility index (Phi) is 4.10. The molecule has 2 aromatic rings. The van der Waals surface area contributed by atoms with Crippen molar-refractivity contribution in [3.63, 3.8) is 0 Å². The lowest BCUT2D eigenvalue weighted by Gasteiger charge is -2.20. The molecule has 1 aliphatic heterocycles. The molecule has 0 unspecified atom stereocenters. The molecule has 0 radical (unpaired) electrons. The molecule has 0 saturated carbocycles. The zero-order chi connectivity index (χ0) is 14.7. The molecule has 5 heteroatoms. The number of carbonyl (C=O) groups is 1. The molecule has 2 heterocycles. The average Bonchev–Trinajstić information content (AvgIpc) is 3.06. The van der Waals surface area contributed by atoms with E-state index in [1.807, 2.05) is 17.5 Å². The van der Waals surface area contributed by atoms with Gasteiger partial charge in [-0.2, -0.15) is 0 Å². The van der Waals surface area contributed by atoms with E-state index in [0.29, 0.717) is 30.3 Å². The molecule has 21 heavy (non-hydrogen) atoms. The van der Waals surface area contributed by atoms with Crippen LogP contribution in [0.4, 0.5) is 0 Å². The van der Waals surface area contributed by atoms with Gasteiger partial charge in [-0.15, -0.1) is 11.3 Å². The lowest BCUT2D eigenvalue weighted by Crippen LogP contribution is -2.27. The molecule has 4 nitrogen and oxygen atoms in total. The molecule has 0 bridgehead atoms. The molecule has 0 aliphatic carbocycles. The van der Waals surface area contributed by atoms with Crippen molar-refractivity contribution in [2.75, 3.05) is 13.2 Å². The second-order valence-corrected chi connectivity index (χ2v) is 5.79. The summed E-state index contributed by atoms with van der Waals surface area (Å²) < 4.78 is 11.0. The van der Waals surface area contributed by atoms with Gasteiger partial charge in [0.2, 0.25) is 0 Å². The molecule has 1 N–H and O–H groups in total. The van der Waals surface area contributed by atoms with Crippen molar-refractivity contribution in [2.45, 2.75) is 19.4 Å². The molecule has 110 valence electrons. The molecule has 1 amide bonds. The summed E-state index contributed by atoms with van der Waals surface area (Å²) in [4.78, 5) is 13.6. The maximum atomic E-state index is 12.4. The normalized spacial score (nSPS) is 14.5. The second kappa shape index (κ2) is 6.18. The maximum absolute atomic E-state index is 12.4. The first-order chi connectivity index (χ1) is 10.3. The zero-order valence-electron chi connectivity index (χ0n) is 11.8. The van der Waals surface area contributed by atoms with E-state index >= 15 is 0 Å². The van der Waals surface area contributed by atoms with Crippen molar-refractivity contribution in [3.8, 4) is 11.5 Å². The minimum absolute atomic E-state index is 0.0469. The van der Waals surface area contributed by atoms with Gasteiger partial charge in [0.15, 0.2) is 11.5 Å². The summed E-state index contributed by atoms with van der Waals surface area (Å²) in [6, 6.07) is 9.39. The molecule has 1 atom stereocenters. The van der Waals surface area contributed by atoms with Crippen molar-refractivity contribution < 1.29 is 14.3 Å². The minimum Gasteiger partial charge on any atom is -0.486 e. The first-order valence-electron chi connectivity index (χ1n) is 7.02. The first-order valence-corrected chi connectivity index (χ1v) is 7.90. The number of nitrogens with one attached hydrogen (secondary N) is 1. The number of hydrogen-bond acceptors (Lipinski definition) is 4. The van der Waals surface area contributed by atoms with Gasteiger partial charge < -0.3 is 14.8 Å². The van der Waals surface area contributed by atoms with Crippen molar-refractivity contribution in [1.82, 2.24) is 5.32 Å². The highest BCUT2D eigenvalue weighted by molar-refractivity contribution is 7.10. The van der Waals surface area contributed by atoms with Crippen LogP contribution in [0.5, 0.6) is 11.5 Å². The number of fused-ring (bicyclic) bond motifs is 1. The van der Waals surface area contributed by atoms with E-state index < -0.39 is 0 Å². The Hall–Kier alpha value is -2.01. The summed E-state index contributed by atoms with van der Waals surface area (Å²) in [6.45, 7) is 3.13. The SMILES string of the molecule is CC[C@H](NC(=O)c1ccc2c(c1)OCCO2)c1cccs1. The van der Waals surface area contributed by atoms with Gasteiger partial charge in [0.1, 0.15) is 13.2 Å². The van der Waals surface area contributed by atoms with Gasteiger partial charge in [0, 0.05) is 10.4 Å². The molecule has 3 rings (SSSR count). The number of thiophene rings is 1. The van der Waals surface area contributed by atoms with Gasteiger partial charge in [-0.05, 0) is 36.1 Å². The smallest absolute Gasteiger partial charge is 0.251 e. The third-order valence-electron chi connectivity index (χ3n) is 3.40. The number of rotatable bonds is 4. The summed E-state index contributed by atoms with van der Waals surface area (Å²) in [5.41, 5.74) is 0.592. The Labute approximate surface area is 127 Å². The van der Waals surface area contributed by atoms with Crippen LogP contribution in [0.3, 0.4) is 0 Å². The fraction of sp³-hybridized carbons (Fsp3) is 0.312. The van der Waals surface area contributed by atoms with E-state index in [-0.39, 0.29) is 11.9 Å². The predicted octanol–water partition coefficient (Wildman–Crippen LogP) is 3.40. The molecule has 1 aliphatic rings. The van der Waals surface area contributed by atoms with Crippen LogP contribution in [-0.2, 0) is 0 Å². The second-order valence-electron chi connectivity index (χ2n) is 4.81. The van der Waals surface area contributed by atoms with Crippen LogP contribution in [0, 0.1) is 0 Å². The van der Waals surface area contributed by atoms with Gasteiger partial charge in [0.25, 0.3) is 5.91 Å². The van der Waals surface area contributed by atoms with E-state index in [9.17, 15) is 4.79 Å². The van der Waals surface area contributed by atoms with Crippen molar-refractivity contribution >= 4 is 17.2 Å².